The van der Waals surface area contributed by atoms with Gasteiger partial charge in [-0.2, -0.15) is 13.2 Å². The number of aromatic nitrogens is 3. The molecule has 0 saturated carbocycles. The summed E-state index contributed by atoms with van der Waals surface area (Å²) in [4.78, 5) is 22.1. The molecule has 0 bridgehead atoms. The fourth-order valence-corrected chi connectivity index (χ4v) is 3.86. The molecule has 3 aromatic rings. The lowest BCUT2D eigenvalue weighted by Gasteiger charge is -2.23. The highest BCUT2D eigenvalue weighted by Crippen LogP contribution is 2.35. The average Bonchev–Trinajstić information content (AvgIpc) is 2.80. The zero-order valence-electron chi connectivity index (χ0n) is 17.6. The molecule has 1 aliphatic rings. The van der Waals surface area contributed by atoms with Gasteiger partial charge in [0, 0.05) is 30.2 Å². The lowest BCUT2D eigenvalue weighted by atomic mass is 9.96. The molecule has 174 valence electrons. The summed E-state index contributed by atoms with van der Waals surface area (Å²) in [5, 5.41) is 2.83. The minimum absolute atomic E-state index is 0.582. The Bertz CT molecular complexity index is 1070. The van der Waals surface area contributed by atoms with Crippen LogP contribution in [0.5, 0.6) is 0 Å². The summed E-state index contributed by atoms with van der Waals surface area (Å²) in [5.41, 5.74) is 6.75. The zero-order valence-corrected chi connectivity index (χ0v) is 18.4. The fourth-order valence-electron chi connectivity index (χ4n) is 3.54. The number of carbonyl (C=O) groups excluding carboxylic acids is 1. The Kier molecular flexibility index (Phi) is 8.35. The van der Waals surface area contributed by atoms with Crippen LogP contribution in [0.3, 0.4) is 0 Å². The van der Waals surface area contributed by atoms with Gasteiger partial charge in [-0.1, -0.05) is 42.3 Å². The number of nitrogens with two attached hydrogens (primary N) is 1. The molecule has 0 radical (unpaired) electrons. The number of benzene rings is 1. The molecule has 4 rings (SSSR count). The third kappa shape index (κ3) is 6.97. The summed E-state index contributed by atoms with van der Waals surface area (Å²) >= 11 is 5.31. The summed E-state index contributed by atoms with van der Waals surface area (Å²) in [7, 11) is 0. The molecule has 3 N–H and O–H groups in total. The van der Waals surface area contributed by atoms with E-state index >= 15 is 0 Å². The summed E-state index contributed by atoms with van der Waals surface area (Å²) in [6.45, 7) is 1.16. The normalized spacial score (nSPS) is 15.9. The van der Waals surface area contributed by atoms with Gasteiger partial charge in [0.15, 0.2) is 0 Å². The Morgan fingerprint density at radius 1 is 1.15 bits per heavy atom. The number of hydrogen-bond donors (Lipinski definition) is 2. The first-order chi connectivity index (χ1) is 15.8. The number of primary amides is 1. The van der Waals surface area contributed by atoms with Crippen LogP contribution in [0.15, 0.2) is 55.2 Å². The standard InChI is InChI=1S/C16H19N3.C7H4ClF3N2O/c1-2-7-19-16(6-1)9-13-4-3-5-14(8-13)15-10-17-12-18-11-15;8-4-3(7(9,10)11)1-2-13-5(4)6(12)14/h3-5,8,10-12,16,19H,1-2,6-7,9H2;1-2H,(H2,12,14). The Morgan fingerprint density at radius 3 is 2.55 bits per heavy atom. The van der Waals surface area contributed by atoms with E-state index in [1.54, 1.807) is 6.33 Å². The van der Waals surface area contributed by atoms with Gasteiger partial charge in [-0.3, -0.25) is 4.79 Å². The molecular formula is C23H23ClF3N5O. The molecule has 1 unspecified atom stereocenters. The van der Waals surface area contributed by atoms with Crippen LogP contribution in [-0.4, -0.2) is 33.4 Å². The van der Waals surface area contributed by atoms with Crippen molar-refractivity contribution in [2.24, 2.45) is 5.73 Å². The Balaban J connectivity index is 0.000000196. The number of hydrogen-bond acceptors (Lipinski definition) is 5. The first-order valence-electron chi connectivity index (χ1n) is 10.3. The molecule has 1 saturated heterocycles. The SMILES string of the molecule is NC(=O)c1nccc(C(F)(F)F)c1Cl.c1cc(CC2CCCCN2)cc(-c2cncnc2)c1. The van der Waals surface area contributed by atoms with Crippen LogP contribution in [0.2, 0.25) is 5.02 Å². The van der Waals surface area contributed by atoms with E-state index in [9.17, 15) is 18.0 Å². The molecule has 1 aromatic carbocycles. The van der Waals surface area contributed by atoms with Gasteiger partial charge in [-0.05, 0) is 43.0 Å². The molecule has 1 aliphatic heterocycles. The molecule has 33 heavy (non-hydrogen) atoms. The van der Waals surface area contributed by atoms with Crippen LogP contribution in [0.1, 0.15) is 40.9 Å². The number of pyridine rings is 1. The Labute approximate surface area is 194 Å². The van der Waals surface area contributed by atoms with Crippen molar-refractivity contribution in [1.29, 1.82) is 0 Å². The molecule has 1 atom stereocenters. The number of nitrogens with one attached hydrogen (secondary N) is 1. The van der Waals surface area contributed by atoms with E-state index in [0.29, 0.717) is 12.1 Å². The largest absolute Gasteiger partial charge is 0.417 e. The van der Waals surface area contributed by atoms with Gasteiger partial charge in [-0.15, -0.1) is 0 Å². The van der Waals surface area contributed by atoms with Gasteiger partial charge in [0.05, 0.1) is 10.6 Å². The summed E-state index contributed by atoms with van der Waals surface area (Å²) in [6, 6.07) is 10.0. The highest BCUT2D eigenvalue weighted by molar-refractivity contribution is 6.34. The van der Waals surface area contributed by atoms with Gasteiger partial charge >= 0.3 is 6.18 Å². The van der Waals surface area contributed by atoms with Crippen molar-refractivity contribution < 1.29 is 18.0 Å². The maximum absolute atomic E-state index is 12.2. The third-order valence-electron chi connectivity index (χ3n) is 5.14. The van der Waals surface area contributed by atoms with Crippen LogP contribution in [0.25, 0.3) is 11.1 Å². The Morgan fingerprint density at radius 2 is 1.91 bits per heavy atom. The van der Waals surface area contributed by atoms with Crippen molar-refractivity contribution in [2.45, 2.75) is 37.9 Å². The van der Waals surface area contributed by atoms with E-state index in [4.69, 9.17) is 17.3 Å². The Hall–Kier alpha value is -3.04. The van der Waals surface area contributed by atoms with Crippen molar-refractivity contribution in [3.8, 4) is 11.1 Å². The molecular weight excluding hydrogens is 455 g/mol. The highest BCUT2D eigenvalue weighted by Gasteiger charge is 2.34. The first kappa shape index (κ1) is 24.6. The van der Waals surface area contributed by atoms with Crippen molar-refractivity contribution in [1.82, 2.24) is 20.3 Å². The van der Waals surface area contributed by atoms with E-state index in [0.717, 1.165) is 24.7 Å². The third-order valence-corrected chi connectivity index (χ3v) is 5.53. The molecule has 1 fully saturated rings. The fraction of sp³-hybridized carbons (Fsp3) is 0.304. The maximum atomic E-state index is 12.2. The summed E-state index contributed by atoms with van der Waals surface area (Å²) in [5.74, 6) is -1.10. The second kappa shape index (κ2) is 11.2. The van der Waals surface area contributed by atoms with Crippen molar-refractivity contribution in [3.05, 3.63) is 77.1 Å². The summed E-state index contributed by atoms with van der Waals surface area (Å²) < 4.78 is 36.7. The molecule has 10 heteroatoms. The number of rotatable bonds is 4. The van der Waals surface area contributed by atoms with Crippen molar-refractivity contribution in [3.63, 3.8) is 0 Å². The van der Waals surface area contributed by atoms with Gasteiger partial charge in [0.25, 0.3) is 5.91 Å². The predicted molar refractivity (Wildman–Crippen MR) is 120 cm³/mol. The predicted octanol–water partition coefficient (Wildman–Crippen LogP) is 4.68. The van der Waals surface area contributed by atoms with E-state index in [1.165, 1.54) is 30.4 Å². The molecule has 0 spiro atoms. The van der Waals surface area contributed by atoms with Crippen LogP contribution in [0, 0.1) is 0 Å². The minimum Gasteiger partial charge on any atom is -0.364 e. The monoisotopic (exact) mass is 477 g/mol. The summed E-state index contributed by atoms with van der Waals surface area (Å²) in [6.07, 6.45) is 6.58. The van der Waals surface area contributed by atoms with E-state index in [-0.39, 0.29) is 0 Å². The molecule has 0 aliphatic carbocycles. The molecule has 3 heterocycles. The van der Waals surface area contributed by atoms with Gasteiger partial charge < -0.3 is 11.1 Å². The van der Waals surface area contributed by atoms with Crippen LogP contribution < -0.4 is 11.1 Å². The number of amides is 1. The number of piperidine rings is 1. The lowest BCUT2D eigenvalue weighted by Crippen LogP contribution is -2.35. The first-order valence-corrected chi connectivity index (χ1v) is 10.7. The van der Waals surface area contributed by atoms with Gasteiger partial charge in [-0.25, -0.2) is 15.0 Å². The highest BCUT2D eigenvalue weighted by atomic mass is 35.5. The van der Waals surface area contributed by atoms with Gasteiger partial charge in [0.2, 0.25) is 0 Å². The second-order valence-electron chi connectivity index (χ2n) is 7.56. The van der Waals surface area contributed by atoms with Crippen molar-refractivity contribution >= 4 is 17.5 Å². The number of carbonyl (C=O) groups is 1. The number of nitrogens with zero attached hydrogens (tertiary/aromatic N) is 3. The minimum atomic E-state index is -4.62. The second-order valence-corrected chi connectivity index (χ2v) is 7.94. The van der Waals surface area contributed by atoms with E-state index in [2.05, 4.69) is 44.5 Å². The lowest BCUT2D eigenvalue weighted by molar-refractivity contribution is -0.137. The van der Waals surface area contributed by atoms with Crippen LogP contribution in [-0.2, 0) is 12.6 Å². The molecule has 2 aromatic heterocycles. The van der Waals surface area contributed by atoms with E-state index < -0.39 is 28.4 Å². The molecule has 6 nitrogen and oxygen atoms in total. The topological polar surface area (TPSA) is 93.8 Å². The maximum Gasteiger partial charge on any atom is 0.417 e. The van der Waals surface area contributed by atoms with Gasteiger partial charge in [0.1, 0.15) is 12.0 Å². The smallest absolute Gasteiger partial charge is 0.364 e. The number of halogens is 4. The number of alkyl halides is 3. The van der Waals surface area contributed by atoms with Crippen LogP contribution in [0.4, 0.5) is 13.2 Å². The van der Waals surface area contributed by atoms with Crippen LogP contribution >= 0.6 is 11.6 Å². The average molecular weight is 478 g/mol. The molecule has 1 amide bonds. The van der Waals surface area contributed by atoms with E-state index in [1.807, 2.05) is 12.4 Å². The zero-order chi connectivity index (χ0) is 23.8. The quantitative estimate of drug-likeness (QED) is 0.569. The van der Waals surface area contributed by atoms with Crippen molar-refractivity contribution in [2.75, 3.05) is 6.54 Å².